The Morgan fingerprint density at radius 2 is 1.84 bits per heavy atom. The molecule has 0 unspecified atom stereocenters. The molecule has 1 aromatic carbocycles. The zero-order valence-electron chi connectivity index (χ0n) is 13.6. The Kier molecular flexibility index (Phi) is 5.57. The highest BCUT2D eigenvalue weighted by Crippen LogP contribution is 2.30. The second-order valence-corrected chi connectivity index (χ2v) is 7.01. The summed E-state index contributed by atoms with van der Waals surface area (Å²) in [6, 6.07) is 12.9. The summed E-state index contributed by atoms with van der Waals surface area (Å²) in [5.41, 5.74) is 2.32. The normalized spacial score (nSPS) is 14.3. The zero-order chi connectivity index (χ0) is 16.4. The maximum Gasteiger partial charge on any atom is 0.343 e. The Labute approximate surface area is 155 Å². The number of rotatable bonds is 4. The van der Waals surface area contributed by atoms with E-state index in [1.165, 1.54) is 22.5 Å². The summed E-state index contributed by atoms with van der Waals surface area (Å²) >= 11 is 1.71. The molecule has 1 aliphatic rings. The molecule has 132 valence electrons. The van der Waals surface area contributed by atoms with Crippen LogP contribution in [0.15, 0.2) is 47.5 Å². The van der Waals surface area contributed by atoms with Gasteiger partial charge in [0, 0.05) is 41.6 Å². The van der Waals surface area contributed by atoms with Crippen LogP contribution in [0.4, 0.5) is 5.69 Å². The first-order valence-corrected chi connectivity index (χ1v) is 8.86. The molecule has 0 aliphatic carbocycles. The van der Waals surface area contributed by atoms with Crippen LogP contribution < -0.4 is 15.9 Å². The van der Waals surface area contributed by atoms with Gasteiger partial charge in [-0.15, -0.1) is 23.7 Å². The van der Waals surface area contributed by atoms with Gasteiger partial charge in [0.2, 0.25) is 0 Å². The topological polar surface area (TPSA) is 66.0 Å². The molecule has 0 atom stereocenters. The van der Waals surface area contributed by atoms with Crippen LogP contribution in [0.3, 0.4) is 0 Å². The molecule has 1 saturated heterocycles. The number of aromatic amines is 1. The predicted molar refractivity (Wildman–Crippen MR) is 104 cm³/mol. The molecule has 1 fully saturated rings. The van der Waals surface area contributed by atoms with Crippen LogP contribution in [0.2, 0.25) is 0 Å². The smallest absolute Gasteiger partial charge is 0.343 e. The van der Waals surface area contributed by atoms with E-state index in [1.807, 2.05) is 0 Å². The minimum Gasteiger partial charge on any atom is -0.369 e. The SMILES string of the molecule is Cl.O=c1[nH]ncn1Cc1ccc(-c2ccc(N3CCNCC3)cc2)s1. The number of halogens is 1. The van der Waals surface area contributed by atoms with Gasteiger partial charge in [-0.1, -0.05) is 12.1 Å². The number of H-pyrrole nitrogens is 1. The van der Waals surface area contributed by atoms with E-state index in [-0.39, 0.29) is 18.1 Å². The number of nitrogens with zero attached hydrogens (tertiary/aromatic N) is 3. The van der Waals surface area contributed by atoms with E-state index in [4.69, 9.17) is 0 Å². The first kappa shape index (κ1) is 17.7. The van der Waals surface area contributed by atoms with E-state index >= 15 is 0 Å². The van der Waals surface area contributed by atoms with Crippen LogP contribution in [-0.4, -0.2) is 40.9 Å². The van der Waals surface area contributed by atoms with Crippen molar-refractivity contribution < 1.29 is 0 Å². The Hall–Kier alpha value is -2.09. The Balaban J connectivity index is 0.00000182. The van der Waals surface area contributed by atoms with E-state index in [1.54, 1.807) is 15.9 Å². The largest absolute Gasteiger partial charge is 0.369 e. The van der Waals surface area contributed by atoms with Gasteiger partial charge in [-0.2, -0.15) is 5.10 Å². The average molecular weight is 378 g/mol. The van der Waals surface area contributed by atoms with Crippen molar-refractivity contribution in [3.63, 3.8) is 0 Å². The first-order valence-electron chi connectivity index (χ1n) is 8.04. The molecule has 6 nitrogen and oxygen atoms in total. The van der Waals surface area contributed by atoms with Gasteiger partial charge in [0.15, 0.2) is 0 Å². The van der Waals surface area contributed by atoms with Crippen molar-refractivity contribution in [2.45, 2.75) is 6.54 Å². The third-order valence-corrected chi connectivity index (χ3v) is 5.36. The lowest BCUT2D eigenvalue weighted by molar-refractivity contribution is 0.589. The van der Waals surface area contributed by atoms with Gasteiger partial charge < -0.3 is 10.2 Å². The number of anilines is 1. The highest BCUT2D eigenvalue weighted by atomic mass is 35.5. The number of piperazine rings is 1. The number of nitrogens with one attached hydrogen (secondary N) is 2. The van der Waals surface area contributed by atoms with Crippen LogP contribution in [0.5, 0.6) is 0 Å². The Morgan fingerprint density at radius 1 is 1.08 bits per heavy atom. The lowest BCUT2D eigenvalue weighted by Gasteiger charge is -2.29. The van der Waals surface area contributed by atoms with Crippen LogP contribution in [0.1, 0.15) is 4.88 Å². The molecule has 0 spiro atoms. The van der Waals surface area contributed by atoms with Gasteiger partial charge >= 0.3 is 5.69 Å². The van der Waals surface area contributed by atoms with Crippen molar-refractivity contribution >= 4 is 29.4 Å². The van der Waals surface area contributed by atoms with Gasteiger partial charge in [0.05, 0.1) is 6.54 Å². The number of hydrogen-bond donors (Lipinski definition) is 2. The quantitative estimate of drug-likeness (QED) is 0.731. The predicted octanol–water partition coefficient (Wildman–Crippen LogP) is 2.18. The molecule has 0 amide bonds. The lowest BCUT2D eigenvalue weighted by atomic mass is 10.1. The third-order valence-electron chi connectivity index (χ3n) is 4.24. The van der Waals surface area contributed by atoms with E-state index < -0.39 is 0 Å². The van der Waals surface area contributed by atoms with Gasteiger partial charge in [0.25, 0.3) is 0 Å². The molecule has 1 aliphatic heterocycles. The van der Waals surface area contributed by atoms with Gasteiger partial charge in [-0.3, -0.25) is 4.57 Å². The minimum atomic E-state index is -0.176. The van der Waals surface area contributed by atoms with E-state index in [2.05, 4.69) is 56.8 Å². The molecular formula is C17H20ClN5OS. The van der Waals surface area contributed by atoms with Crippen LogP contribution >= 0.6 is 23.7 Å². The maximum absolute atomic E-state index is 11.5. The van der Waals surface area contributed by atoms with Crippen molar-refractivity contribution in [3.05, 3.63) is 58.1 Å². The Bertz CT molecular complexity index is 864. The fourth-order valence-corrected chi connectivity index (χ4v) is 3.94. The molecule has 2 N–H and O–H groups in total. The number of aromatic nitrogens is 3. The standard InChI is InChI=1S/C17H19N5OS.ClH/c23-17-20-19-12-22(17)11-15-5-6-16(24-15)13-1-3-14(4-2-13)21-9-7-18-8-10-21;/h1-6,12,18H,7-11H2,(H,20,23);1H. The summed E-state index contributed by atoms with van der Waals surface area (Å²) in [6.45, 7) is 4.76. The van der Waals surface area contributed by atoms with Crippen molar-refractivity contribution in [2.75, 3.05) is 31.1 Å². The van der Waals surface area contributed by atoms with Crippen molar-refractivity contribution in [1.29, 1.82) is 0 Å². The molecule has 4 rings (SSSR count). The average Bonchev–Trinajstić information content (AvgIpc) is 3.26. The zero-order valence-corrected chi connectivity index (χ0v) is 15.3. The van der Waals surface area contributed by atoms with E-state index in [0.29, 0.717) is 6.54 Å². The van der Waals surface area contributed by atoms with Gasteiger partial charge in [-0.05, 0) is 29.8 Å². The van der Waals surface area contributed by atoms with E-state index in [0.717, 1.165) is 31.1 Å². The highest BCUT2D eigenvalue weighted by Gasteiger charge is 2.11. The molecule has 3 heterocycles. The van der Waals surface area contributed by atoms with E-state index in [9.17, 15) is 4.79 Å². The summed E-state index contributed by atoms with van der Waals surface area (Å²) in [6.07, 6.45) is 1.53. The third kappa shape index (κ3) is 3.95. The minimum absolute atomic E-state index is 0. The monoisotopic (exact) mass is 377 g/mol. The maximum atomic E-state index is 11.5. The fourth-order valence-electron chi connectivity index (χ4n) is 2.93. The van der Waals surface area contributed by atoms with Crippen molar-refractivity contribution in [3.8, 4) is 10.4 Å². The molecule has 25 heavy (non-hydrogen) atoms. The van der Waals surface area contributed by atoms with Crippen LogP contribution in [-0.2, 0) is 6.54 Å². The summed E-state index contributed by atoms with van der Waals surface area (Å²) in [7, 11) is 0. The molecule has 0 saturated carbocycles. The summed E-state index contributed by atoms with van der Waals surface area (Å²) < 4.78 is 1.57. The number of benzene rings is 1. The molecule has 0 radical (unpaired) electrons. The fraction of sp³-hybridized carbons (Fsp3) is 0.294. The second kappa shape index (κ2) is 7.86. The second-order valence-electron chi connectivity index (χ2n) is 5.84. The van der Waals surface area contributed by atoms with Gasteiger partial charge in [-0.25, -0.2) is 9.89 Å². The molecule has 3 aromatic rings. The lowest BCUT2D eigenvalue weighted by Crippen LogP contribution is -2.43. The van der Waals surface area contributed by atoms with Crippen molar-refractivity contribution in [2.24, 2.45) is 0 Å². The van der Waals surface area contributed by atoms with Gasteiger partial charge in [0.1, 0.15) is 6.33 Å². The van der Waals surface area contributed by atoms with Crippen LogP contribution in [0, 0.1) is 0 Å². The summed E-state index contributed by atoms with van der Waals surface area (Å²) in [5.74, 6) is 0. The number of thiophene rings is 1. The van der Waals surface area contributed by atoms with Crippen LogP contribution in [0.25, 0.3) is 10.4 Å². The number of hydrogen-bond acceptors (Lipinski definition) is 5. The Morgan fingerprint density at radius 3 is 2.52 bits per heavy atom. The highest BCUT2D eigenvalue weighted by molar-refractivity contribution is 7.15. The molecule has 0 bridgehead atoms. The van der Waals surface area contributed by atoms with Crippen molar-refractivity contribution in [1.82, 2.24) is 20.1 Å². The molecule has 8 heteroatoms. The first-order chi connectivity index (χ1) is 11.8. The molecule has 2 aromatic heterocycles. The summed E-state index contributed by atoms with van der Waals surface area (Å²) in [5, 5.41) is 9.55. The summed E-state index contributed by atoms with van der Waals surface area (Å²) in [4.78, 5) is 16.3. The molecular weight excluding hydrogens is 358 g/mol.